The van der Waals surface area contributed by atoms with Crippen molar-refractivity contribution in [2.24, 2.45) is 0 Å². The van der Waals surface area contributed by atoms with Crippen LogP contribution in [0.3, 0.4) is 0 Å². The lowest BCUT2D eigenvalue weighted by Gasteiger charge is -2.33. The van der Waals surface area contributed by atoms with E-state index < -0.39 is 67.3 Å². The van der Waals surface area contributed by atoms with E-state index >= 15 is 0 Å². The van der Waals surface area contributed by atoms with Gasteiger partial charge < -0.3 is 55.1 Å². The van der Waals surface area contributed by atoms with E-state index in [1.54, 1.807) is 36.4 Å². The fourth-order valence-corrected chi connectivity index (χ4v) is 4.04. The number of para-hydroxylation sites is 1. The summed E-state index contributed by atoms with van der Waals surface area (Å²) in [5.74, 6) is 0.497. The van der Waals surface area contributed by atoms with Gasteiger partial charge in [-0.15, -0.1) is 6.42 Å². The predicted octanol–water partition coefficient (Wildman–Crippen LogP) is -0.317. The van der Waals surface area contributed by atoms with Crippen LogP contribution in [0, 0.1) is 12.3 Å². The Labute approximate surface area is 260 Å². The number of aliphatic hydroxyl groups excluding tert-OH is 4. The van der Waals surface area contributed by atoms with Crippen molar-refractivity contribution in [2.45, 2.75) is 49.9 Å². The van der Waals surface area contributed by atoms with Crippen molar-refractivity contribution in [1.82, 2.24) is 10.6 Å². The highest BCUT2D eigenvalue weighted by atomic mass is 16.6. The smallest absolute Gasteiger partial charge is 0.332 e. The van der Waals surface area contributed by atoms with Gasteiger partial charge in [-0.1, -0.05) is 30.2 Å². The summed E-state index contributed by atoms with van der Waals surface area (Å²) in [5.41, 5.74) is 0.194. The number of carboxylic acids is 1. The van der Waals surface area contributed by atoms with Gasteiger partial charge in [-0.3, -0.25) is 9.59 Å². The van der Waals surface area contributed by atoms with Gasteiger partial charge in [-0.2, -0.15) is 0 Å². The molecule has 0 bridgehead atoms. The summed E-state index contributed by atoms with van der Waals surface area (Å²) in [6, 6.07) is 13.5. The van der Waals surface area contributed by atoms with Gasteiger partial charge in [0.05, 0.1) is 44.7 Å². The Balaban J connectivity index is 1.93. The third-order valence-corrected chi connectivity index (χ3v) is 6.28. The quantitative estimate of drug-likeness (QED) is 0.0697. The molecule has 0 saturated heterocycles. The Bertz CT molecular complexity index is 1240. The maximum Gasteiger partial charge on any atom is 0.332 e. The van der Waals surface area contributed by atoms with E-state index in [9.17, 15) is 39.9 Å². The van der Waals surface area contributed by atoms with Gasteiger partial charge in [0.1, 0.15) is 30.3 Å². The molecule has 45 heavy (non-hydrogen) atoms. The minimum absolute atomic E-state index is 0.0119. The Kier molecular flexibility index (Phi) is 16.5. The molecule has 0 aliphatic rings. The Morgan fingerprint density at radius 2 is 1.53 bits per heavy atom. The second kappa shape index (κ2) is 20.1. The molecule has 2 aromatic rings. The SMILES string of the molecule is C#CCOCCOCCO[C@@H](C[C@H](O)[C@@H](NC(C)=O)[C@@H](O)[C@H](O)[C@H](O)CNC(=O)c1cccc(Oc2ccccc2)c1)C(=O)O. The van der Waals surface area contributed by atoms with Crippen LogP contribution in [0.15, 0.2) is 54.6 Å². The molecule has 2 aromatic carbocycles. The zero-order valence-corrected chi connectivity index (χ0v) is 24.8. The van der Waals surface area contributed by atoms with Crippen LogP contribution in [0.2, 0.25) is 0 Å². The number of carboxylic acid groups (broad SMARTS) is 1. The molecule has 0 unspecified atom stereocenters. The van der Waals surface area contributed by atoms with Crippen molar-refractivity contribution in [3.05, 3.63) is 60.2 Å². The fraction of sp³-hybridized carbons (Fsp3) is 0.452. The number of benzene rings is 2. The number of aliphatic hydroxyl groups is 4. The molecule has 0 aliphatic heterocycles. The van der Waals surface area contributed by atoms with Crippen LogP contribution in [-0.4, -0.2) is 119 Å². The molecule has 246 valence electrons. The van der Waals surface area contributed by atoms with Crippen molar-refractivity contribution in [1.29, 1.82) is 0 Å². The second-order valence-corrected chi connectivity index (χ2v) is 9.80. The molecule has 0 fully saturated rings. The van der Waals surface area contributed by atoms with Crippen molar-refractivity contribution < 1.29 is 58.9 Å². The summed E-state index contributed by atoms with van der Waals surface area (Å²) in [4.78, 5) is 36.2. The number of hydrogen-bond acceptors (Lipinski definition) is 11. The lowest BCUT2D eigenvalue weighted by Crippen LogP contribution is -2.58. The maximum absolute atomic E-state index is 12.7. The average molecular weight is 633 g/mol. The van der Waals surface area contributed by atoms with Gasteiger partial charge in [0.2, 0.25) is 5.91 Å². The highest BCUT2D eigenvalue weighted by molar-refractivity contribution is 5.94. The molecule has 7 N–H and O–H groups in total. The normalized spacial score (nSPS) is 15.0. The van der Waals surface area contributed by atoms with E-state index in [4.69, 9.17) is 25.4 Å². The number of nitrogens with one attached hydrogen (secondary N) is 2. The summed E-state index contributed by atoms with van der Waals surface area (Å²) in [6.45, 7) is 0.973. The first-order valence-electron chi connectivity index (χ1n) is 14.1. The van der Waals surface area contributed by atoms with Crippen molar-refractivity contribution in [2.75, 3.05) is 39.6 Å². The van der Waals surface area contributed by atoms with Gasteiger partial charge in [0, 0.05) is 25.5 Å². The molecule has 14 nitrogen and oxygen atoms in total. The number of ether oxygens (including phenoxy) is 4. The molecule has 0 saturated carbocycles. The number of terminal acetylenes is 1. The third kappa shape index (κ3) is 13.6. The average Bonchev–Trinajstić information content (AvgIpc) is 3.02. The lowest BCUT2D eigenvalue weighted by atomic mass is 9.93. The van der Waals surface area contributed by atoms with Gasteiger partial charge in [-0.25, -0.2) is 4.79 Å². The van der Waals surface area contributed by atoms with Crippen molar-refractivity contribution in [3.63, 3.8) is 0 Å². The lowest BCUT2D eigenvalue weighted by molar-refractivity contribution is -0.155. The first-order valence-corrected chi connectivity index (χ1v) is 14.1. The molecule has 6 atom stereocenters. The van der Waals surface area contributed by atoms with Gasteiger partial charge in [0.15, 0.2) is 6.10 Å². The number of aliphatic carboxylic acids is 1. The van der Waals surface area contributed by atoms with Crippen LogP contribution in [0.5, 0.6) is 11.5 Å². The topological polar surface area (TPSA) is 213 Å². The van der Waals surface area contributed by atoms with Crippen molar-refractivity contribution >= 4 is 17.8 Å². The highest BCUT2D eigenvalue weighted by Crippen LogP contribution is 2.22. The fourth-order valence-electron chi connectivity index (χ4n) is 4.04. The molecule has 0 aliphatic carbocycles. The molecule has 2 rings (SSSR count). The maximum atomic E-state index is 12.7. The third-order valence-electron chi connectivity index (χ3n) is 6.28. The summed E-state index contributed by atoms with van der Waals surface area (Å²) < 4.78 is 21.3. The number of carbonyl (C=O) groups is 3. The van der Waals surface area contributed by atoms with E-state index in [0.29, 0.717) is 11.5 Å². The Morgan fingerprint density at radius 1 is 0.867 bits per heavy atom. The van der Waals surface area contributed by atoms with Crippen LogP contribution in [0.1, 0.15) is 23.7 Å². The van der Waals surface area contributed by atoms with Gasteiger partial charge in [-0.05, 0) is 30.3 Å². The molecule has 0 heterocycles. The zero-order valence-electron chi connectivity index (χ0n) is 24.8. The summed E-state index contributed by atoms with van der Waals surface area (Å²) in [5, 5.41) is 56.9. The highest BCUT2D eigenvalue weighted by Gasteiger charge is 2.38. The molecule has 0 radical (unpaired) electrons. The Morgan fingerprint density at radius 3 is 2.20 bits per heavy atom. The molecule has 0 aromatic heterocycles. The van der Waals surface area contributed by atoms with Crippen molar-refractivity contribution in [3.8, 4) is 23.8 Å². The van der Waals surface area contributed by atoms with Gasteiger partial charge >= 0.3 is 5.97 Å². The number of carbonyl (C=O) groups excluding carboxylic acids is 2. The second-order valence-electron chi connectivity index (χ2n) is 9.80. The monoisotopic (exact) mass is 632 g/mol. The largest absolute Gasteiger partial charge is 0.479 e. The van der Waals surface area contributed by atoms with E-state index in [2.05, 4.69) is 16.6 Å². The summed E-state index contributed by atoms with van der Waals surface area (Å²) >= 11 is 0. The number of rotatable bonds is 21. The minimum atomic E-state index is -1.97. The summed E-state index contributed by atoms with van der Waals surface area (Å²) in [7, 11) is 0. The standard InChI is InChI=1S/C31H40N2O12/c1-3-12-42-13-14-43-15-16-44-26(31(40)41)18-24(35)27(33-20(2)34)29(38)28(37)25(36)19-32-30(39)21-8-7-11-23(17-21)45-22-9-5-4-6-10-22/h1,4-11,17,24-29,35-38H,12-16,18-19H2,2H3,(H,32,39)(H,33,34)(H,40,41)/t24-,25+,26-,27+,28+,29+/m0/s1. The molecular weight excluding hydrogens is 592 g/mol. The van der Waals surface area contributed by atoms with E-state index in [1.165, 1.54) is 12.1 Å². The minimum Gasteiger partial charge on any atom is -0.479 e. The van der Waals surface area contributed by atoms with E-state index in [-0.39, 0.29) is 38.6 Å². The van der Waals surface area contributed by atoms with Crippen LogP contribution >= 0.6 is 0 Å². The zero-order chi connectivity index (χ0) is 33.2. The predicted molar refractivity (Wildman–Crippen MR) is 159 cm³/mol. The summed E-state index contributed by atoms with van der Waals surface area (Å²) in [6.07, 6.45) is -4.52. The van der Waals surface area contributed by atoms with Crippen LogP contribution in [-0.2, 0) is 23.8 Å². The van der Waals surface area contributed by atoms with Gasteiger partial charge in [0.25, 0.3) is 5.91 Å². The number of amides is 2. The van der Waals surface area contributed by atoms with Crippen LogP contribution in [0.25, 0.3) is 0 Å². The molecule has 2 amide bonds. The van der Waals surface area contributed by atoms with E-state index in [0.717, 1.165) is 6.92 Å². The molecule has 14 heteroatoms. The number of hydrogen-bond donors (Lipinski definition) is 7. The first-order chi connectivity index (χ1) is 21.5. The first kappa shape index (κ1) is 37.1. The van der Waals surface area contributed by atoms with E-state index in [1.807, 2.05) is 6.07 Å². The van der Waals surface area contributed by atoms with Crippen LogP contribution < -0.4 is 15.4 Å². The molecule has 0 spiro atoms. The molecular formula is C31H40N2O12. The van der Waals surface area contributed by atoms with Crippen LogP contribution in [0.4, 0.5) is 0 Å². The Hall–Kier alpha value is -4.07.